The van der Waals surface area contributed by atoms with Crippen LogP contribution in [-0.2, 0) is 4.79 Å². The first kappa shape index (κ1) is 9.44. The summed E-state index contributed by atoms with van der Waals surface area (Å²) < 4.78 is 13.4. The molecule has 0 aliphatic heterocycles. The third kappa shape index (κ3) is 1.93. The quantitative estimate of drug-likeness (QED) is 0.735. The Morgan fingerprint density at radius 2 is 2.23 bits per heavy atom. The van der Waals surface area contributed by atoms with Gasteiger partial charge in [-0.25, -0.2) is 9.18 Å². The zero-order valence-electron chi connectivity index (χ0n) is 6.90. The van der Waals surface area contributed by atoms with Gasteiger partial charge in [0.05, 0.1) is 0 Å². The molecule has 1 aromatic heterocycles. The van der Waals surface area contributed by atoms with Crippen LogP contribution in [0.2, 0.25) is 0 Å². The summed E-state index contributed by atoms with van der Waals surface area (Å²) in [5.41, 5.74) is -0.531. The van der Waals surface area contributed by atoms with E-state index in [0.29, 0.717) is 0 Å². The van der Waals surface area contributed by atoms with Crippen LogP contribution in [0.3, 0.4) is 0 Å². The summed E-state index contributed by atoms with van der Waals surface area (Å²) >= 11 is 0. The van der Waals surface area contributed by atoms with Crippen LogP contribution in [0.15, 0.2) is 23.1 Å². The molecule has 0 saturated heterocycles. The number of carbonyl (C=O) groups is 1. The van der Waals surface area contributed by atoms with E-state index in [1.807, 2.05) is 0 Å². The lowest BCUT2D eigenvalue weighted by Crippen LogP contribution is -2.27. The van der Waals surface area contributed by atoms with E-state index >= 15 is 0 Å². The summed E-state index contributed by atoms with van der Waals surface area (Å²) in [5, 5.41) is 8.57. The number of nitrogens with zero attached hydrogens (tertiary/aromatic N) is 1. The molecule has 1 unspecified atom stereocenters. The molecule has 1 atom stereocenters. The number of aromatic nitrogens is 1. The van der Waals surface area contributed by atoms with Gasteiger partial charge in [-0.05, 0) is 13.0 Å². The molecule has 0 amide bonds. The Bertz CT molecular complexity index is 385. The Morgan fingerprint density at radius 1 is 1.62 bits per heavy atom. The molecule has 1 aromatic rings. The lowest BCUT2D eigenvalue weighted by molar-refractivity contribution is -0.140. The number of hydrogen-bond donors (Lipinski definition) is 1. The first-order valence-corrected chi connectivity index (χ1v) is 3.63. The predicted molar refractivity (Wildman–Crippen MR) is 43.0 cm³/mol. The SMILES string of the molecule is CC(C(=O)O)n1cc(F)ccc1=O. The third-order valence-electron chi connectivity index (χ3n) is 1.68. The van der Waals surface area contributed by atoms with E-state index in [1.54, 1.807) is 0 Å². The third-order valence-corrected chi connectivity index (χ3v) is 1.68. The van der Waals surface area contributed by atoms with Crippen LogP contribution in [0.25, 0.3) is 0 Å². The Kier molecular flexibility index (Phi) is 2.46. The molecule has 0 saturated carbocycles. The second-order valence-electron chi connectivity index (χ2n) is 2.61. The van der Waals surface area contributed by atoms with Crippen molar-refractivity contribution in [2.75, 3.05) is 0 Å². The number of carboxylic acids is 1. The molecule has 0 fully saturated rings. The normalized spacial score (nSPS) is 12.5. The van der Waals surface area contributed by atoms with Crippen molar-refractivity contribution in [3.63, 3.8) is 0 Å². The van der Waals surface area contributed by atoms with Gasteiger partial charge >= 0.3 is 5.97 Å². The summed E-state index contributed by atoms with van der Waals surface area (Å²) in [6, 6.07) is 0.936. The van der Waals surface area contributed by atoms with Crippen LogP contribution in [-0.4, -0.2) is 15.6 Å². The van der Waals surface area contributed by atoms with E-state index in [4.69, 9.17) is 5.11 Å². The molecule has 1 heterocycles. The van der Waals surface area contributed by atoms with E-state index in [-0.39, 0.29) is 0 Å². The molecular weight excluding hydrogens is 177 g/mol. The fourth-order valence-corrected chi connectivity index (χ4v) is 0.898. The number of carboxylic acid groups (broad SMARTS) is 1. The van der Waals surface area contributed by atoms with Gasteiger partial charge in [0.2, 0.25) is 0 Å². The number of hydrogen-bond acceptors (Lipinski definition) is 2. The first-order chi connectivity index (χ1) is 6.02. The molecule has 1 rings (SSSR count). The maximum atomic E-state index is 12.6. The molecule has 0 aromatic carbocycles. The largest absolute Gasteiger partial charge is 0.480 e. The van der Waals surface area contributed by atoms with Gasteiger partial charge in [0.25, 0.3) is 5.56 Å². The maximum Gasteiger partial charge on any atom is 0.326 e. The maximum absolute atomic E-state index is 12.6. The summed E-state index contributed by atoms with van der Waals surface area (Å²) in [5.74, 6) is -1.81. The van der Waals surface area contributed by atoms with Crippen molar-refractivity contribution < 1.29 is 14.3 Å². The lowest BCUT2D eigenvalue weighted by atomic mass is 10.3. The van der Waals surface area contributed by atoms with Crippen LogP contribution in [0.4, 0.5) is 4.39 Å². The minimum Gasteiger partial charge on any atom is -0.480 e. The van der Waals surface area contributed by atoms with E-state index in [9.17, 15) is 14.0 Å². The van der Waals surface area contributed by atoms with Crippen LogP contribution >= 0.6 is 0 Å². The number of aliphatic carboxylic acids is 1. The number of rotatable bonds is 2. The highest BCUT2D eigenvalue weighted by molar-refractivity contribution is 5.71. The Labute approximate surface area is 73.2 Å². The predicted octanol–water partition coefficient (Wildman–Crippen LogP) is 0.633. The van der Waals surface area contributed by atoms with Crippen molar-refractivity contribution in [2.45, 2.75) is 13.0 Å². The fraction of sp³-hybridized carbons (Fsp3) is 0.250. The van der Waals surface area contributed by atoms with Crippen LogP contribution in [0, 0.1) is 5.82 Å². The summed E-state index contributed by atoms with van der Waals surface area (Å²) in [7, 11) is 0. The summed E-state index contributed by atoms with van der Waals surface area (Å²) in [6.45, 7) is 1.31. The molecule has 0 bridgehead atoms. The van der Waals surface area contributed by atoms with Crippen molar-refractivity contribution >= 4 is 5.97 Å². The minimum absolute atomic E-state index is 0.531. The smallest absolute Gasteiger partial charge is 0.326 e. The zero-order chi connectivity index (χ0) is 10.0. The summed E-state index contributed by atoms with van der Waals surface area (Å²) in [6.07, 6.45) is 0.876. The van der Waals surface area contributed by atoms with Gasteiger partial charge in [0, 0.05) is 12.3 Å². The van der Waals surface area contributed by atoms with Crippen LogP contribution < -0.4 is 5.56 Å². The van der Waals surface area contributed by atoms with Gasteiger partial charge in [-0.3, -0.25) is 9.36 Å². The molecular formula is C8H8FNO3. The van der Waals surface area contributed by atoms with Gasteiger partial charge < -0.3 is 5.11 Å². The van der Waals surface area contributed by atoms with E-state index < -0.39 is 23.4 Å². The molecule has 0 aliphatic carbocycles. The second kappa shape index (κ2) is 3.38. The zero-order valence-corrected chi connectivity index (χ0v) is 6.90. The molecule has 70 valence electrons. The highest BCUT2D eigenvalue weighted by Crippen LogP contribution is 2.02. The van der Waals surface area contributed by atoms with Crippen molar-refractivity contribution in [2.24, 2.45) is 0 Å². The number of pyridine rings is 1. The van der Waals surface area contributed by atoms with Crippen molar-refractivity contribution in [1.82, 2.24) is 4.57 Å². The fourth-order valence-electron chi connectivity index (χ4n) is 0.898. The average Bonchev–Trinajstić information content (AvgIpc) is 2.08. The van der Waals surface area contributed by atoms with Gasteiger partial charge in [0.15, 0.2) is 0 Å². The van der Waals surface area contributed by atoms with Gasteiger partial charge in [-0.1, -0.05) is 0 Å². The Hall–Kier alpha value is -1.65. The monoisotopic (exact) mass is 185 g/mol. The molecule has 0 spiro atoms. The van der Waals surface area contributed by atoms with Gasteiger partial charge in [0.1, 0.15) is 11.9 Å². The van der Waals surface area contributed by atoms with Crippen molar-refractivity contribution in [3.8, 4) is 0 Å². The first-order valence-electron chi connectivity index (χ1n) is 3.63. The Morgan fingerprint density at radius 3 is 2.77 bits per heavy atom. The number of halogens is 1. The standard InChI is InChI=1S/C8H8FNO3/c1-5(8(12)13)10-4-6(9)2-3-7(10)11/h2-5H,1H3,(H,12,13). The molecule has 0 aliphatic rings. The molecule has 13 heavy (non-hydrogen) atoms. The molecule has 4 nitrogen and oxygen atoms in total. The van der Waals surface area contributed by atoms with E-state index in [2.05, 4.69) is 0 Å². The van der Waals surface area contributed by atoms with E-state index in [1.165, 1.54) is 6.92 Å². The molecule has 0 radical (unpaired) electrons. The van der Waals surface area contributed by atoms with Gasteiger partial charge in [-0.2, -0.15) is 0 Å². The lowest BCUT2D eigenvalue weighted by Gasteiger charge is -2.09. The molecule has 5 heteroatoms. The summed E-state index contributed by atoms with van der Waals surface area (Å²) in [4.78, 5) is 21.5. The van der Waals surface area contributed by atoms with Gasteiger partial charge in [-0.15, -0.1) is 0 Å². The highest BCUT2D eigenvalue weighted by atomic mass is 19.1. The van der Waals surface area contributed by atoms with Crippen molar-refractivity contribution in [3.05, 3.63) is 34.5 Å². The van der Waals surface area contributed by atoms with Crippen molar-refractivity contribution in [1.29, 1.82) is 0 Å². The second-order valence-corrected chi connectivity index (χ2v) is 2.61. The Balaban J connectivity index is 3.21. The van der Waals surface area contributed by atoms with Crippen LogP contribution in [0.1, 0.15) is 13.0 Å². The highest BCUT2D eigenvalue weighted by Gasteiger charge is 2.14. The van der Waals surface area contributed by atoms with E-state index in [0.717, 1.165) is 22.9 Å². The average molecular weight is 185 g/mol. The topological polar surface area (TPSA) is 59.3 Å². The molecule has 1 N–H and O–H groups in total. The minimum atomic E-state index is -1.17. The van der Waals surface area contributed by atoms with Crippen LogP contribution in [0.5, 0.6) is 0 Å².